The number of aromatic nitrogens is 2. The van der Waals surface area contributed by atoms with E-state index in [1.54, 1.807) is 14.0 Å². The van der Waals surface area contributed by atoms with Crippen LogP contribution in [0.5, 0.6) is 0 Å². The van der Waals surface area contributed by atoms with Crippen molar-refractivity contribution in [1.82, 2.24) is 9.78 Å². The summed E-state index contributed by atoms with van der Waals surface area (Å²) in [5.74, 6) is -1.20. The summed E-state index contributed by atoms with van der Waals surface area (Å²) >= 11 is 0. The molecule has 1 aromatic heterocycles. The van der Waals surface area contributed by atoms with Gasteiger partial charge in [-0.15, -0.1) is 0 Å². The largest absolute Gasteiger partial charge is 0.463 e. The fourth-order valence-corrected chi connectivity index (χ4v) is 2.01. The molecule has 1 heterocycles. The lowest BCUT2D eigenvalue weighted by molar-refractivity contribution is -0.153. The molecule has 7 nitrogen and oxygen atoms in total. The van der Waals surface area contributed by atoms with E-state index in [1.165, 1.54) is 4.68 Å². The zero-order chi connectivity index (χ0) is 16.0. The van der Waals surface area contributed by atoms with Crippen LogP contribution >= 0.6 is 0 Å². The SMILES string of the molecule is CCCC(OC(=O)c1c(N)c(CC)nn1C)C(=O)OCC. The number of carbonyl (C=O) groups is 2. The fraction of sp³-hybridized carbons (Fsp3) is 0.643. The first-order chi connectivity index (χ1) is 9.96. The smallest absolute Gasteiger partial charge is 0.359 e. The Hall–Kier alpha value is -2.05. The van der Waals surface area contributed by atoms with E-state index < -0.39 is 18.0 Å². The van der Waals surface area contributed by atoms with Crippen LogP contribution in [0.4, 0.5) is 5.69 Å². The molecule has 1 aromatic rings. The Morgan fingerprint density at radius 3 is 2.48 bits per heavy atom. The summed E-state index contributed by atoms with van der Waals surface area (Å²) in [5, 5.41) is 4.16. The van der Waals surface area contributed by atoms with Gasteiger partial charge >= 0.3 is 11.9 Å². The van der Waals surface area contributed by atoms with Crippen LogP contribution in [-0.2, 0) is 27.7 Å². The number of hydrogen-bond acceptors (Lipinski definition) is 6. The summed E-state index contributed by atoms with van der Waals surface area (Å²) < 4.78 is 11.5. The molecule has 0 spiro atoms. The lowest BCUT2D eigenvalue weighted by Crippen LogP contribution is -2.30. The molecule has 0 fully saturated rings. The molecular formula is C14H23N3O4. The maximum Gasteiger partial charge on any atom is 0.359 e. The van der Waals surface area contributed by atoms with Crippen LogP contribution in [0.1, 0.15) is 49.8 Å². The molecule has 21 heavy (non-hydrogen) atoms. The molecule has 0 saturated carbocycles. The number of nitrogens with zero attached hydrogens (tertiary/aromatic N) is 2. The number of nitrogen functional groups attached to an aromatic ring is 1. The summed E-state index contributed by atoms with van der Waals surface area (Å²) in [5.41, 5.74) is 6.99. The van der Waals surface area contributed by atoms with Gasteiger partial charge in [0.1, 0.15) is 0 Å². The summed E-state index contributed by atoms with van der Waals surface area (Å²) in [6.45, 7) is 5.74. The highest BCUT2D eigenvalue weighted by Crippen LogP contribution is 2.19. The number of nitrogens with two attached hydrogens (primary N) is 1. The predicted molar refractivity (Wildman–Crippen MR) is 77.7 cm³/mol. The van der Waals surface area contributed by atoms with E-state index in [-0.39, 0.29) is 12.3 Å². The fourth-order valence-electron chi connectivity index (χ4n) is 2.01. The molecule has 0 bridgehead atoms. The number of aryl methyl sites for hydroxylation is 2. The van der Waals surface area contributed by atoms with Gasteiger partial charge in [0, 0.05) is 7.05 Å². The maximum absolute atomic E-state index is 12.2. The van der Waals surface area contributed by atoms with Gasteiger partial charge in [0.2, 0.25) is 0 Å². The van der Waals surface area contributed by atoms with E-state index in [1.807, 2.05) is 13.8 Å². The summed E-state index contributed by atoms with van der Waals surface area (Å²) in [6.07, 6.45) is 0.797. The molecule has 0 amide bonds. The number of anilines is 1. The minimum Gasteiger partial charge on any atom is -0.463 e. The van der Waals surface area contributed by atoms with E-state index in [4.69, 9.17) is 15.2 Å². The first-order valence-electron chi connectivity index (χ1n) is 7.15. The highest BCUT2D eigenvalue weighted by Gasteiger charge is 2.28. The molecule has 7 heteroatoms. The molecule has 0 aliphatic rings. The van der Waals surface area contributed by atoms with E-state index in [0.717, 1.165) is 0 Å². The first kappa shape index (κ1) is 17.0. The third kappa shape index (κ3) is 3.96. The lowest BCUT2D eigenvalue weighted by Gasteiger charge is -2.15. The van der Waals surface area contributed by atoms with Crippen molar-refractivity contribution in [3.8, 4) is 0 Å². The Morgan fingerprint density at radius 1 is 1.33 bits per heavy atom. The summed E-state index contributed by atoms with van der Waals surface area (Å²) in [7, 11) is 1.62. The van der Waals surface area contributed by atoms with Gasteiger partial charge in [0.25, 0.3) is 0 Å². The van der Waals surface area contributed by atoms with Crippen LogP contribution in [0.2, 0.25) is 0 Å². The third-order valence-electron chi connectivity index (χ3n) is 3.04. The van der Waals surface area contributed by atoms with Gasteiger partial charge in [-0.25, -0.2) is 9.59 Å². The molecular weight excluding hydrogens is 274 g/mol. The monoisotopic (exact) mass is 297 g/mol. The lowest BCUT2D eigenvalue weighted by atomic mass is 10.2. The van der Waals surface area contributed by atoms with Crippen LogP contribution in [0.3, 0.4) is 0 Å². The molecule has 2 N–H and O–H groups in total. The van der Waals surface area contributed by atoms with Crippen molar-refractivity contribution in [1.29, 1.82) is 0 Å². The molecule has 1 rings (SSSR count). The van der Waals surface area contributed by atoms with Crippen molar-refractivity contribution in [2.75, 3.05) is 12.3 Å². The molecule has 1 atom stereocenters. The Morgan fingerprint density at radius 2 is 2.00 bits per heavy atom. The zero-order valence-corrected chi connectivity index (χ0v) is 13.0. The van der Waals surface area contributed by atoms with E-state index >= 15 is 0 Å². The average Bonchev–Trinajstić information content (AvgIpc) is 2.73. The van der Waals surface area contributed by atoms with Crippen molar-refractivity contribution in [2.24, 2.45) is 7.05 Å². The van der Waals surface area contributed by atoms with Gasteiger partial charge in [-0.3, -0.25) is 4.68 Å². The predicted octanol–water partition coefficient (Wildman–Crippen LogP) is 1.45. The Bertz CT molecular complexity index is 511. The standard InChI is InChI=1S/C14H23N3O4/c1-5-8-10(13(18)20-7-3)21-14(19)12-11(15)9(6-2)16-17(12)4/h10H,5-8,15H2,1-4H3. The highest BCUT2D eigenvalue weighted by atomic mass is 16.6. The second kappa shape index (κ2) is 7.66. The summed E-state index contributed by atoms with van der Waals surface area (Å²) in [4.78, 5) is 24.0. The number of carbonyl (C=O) groups excluding carboxylic acids is 2. The first-order valence-corrected chi connectivity index (χ1v) is 7.15. The minimum absolute atomic E-state index is 0.164. The van der Waals surface area contributed by atoms with Gasteiger partial charge in [-0.1, -0.05) is 20.3 Å². The van der Waals surface area contributed by atoms with Crippen LogP contribution in [0.25, 0.3) is 0 Å². The van der Waals surface area contributed by atoms with E-state index in [0.29, 0.717) is 30.6 Å². The quantitative estimate of drug-likeness (QED) is 0.765. The van der Waals surface area contributed by atoms with Gasteiger partial charge in [-0.2, -0.15) is 5.10 Å². The molecule has 0 aliphatic heterocycles. The molecule has 118 valence electrons. The van der Waals surface area contributed by atoms with Crippen molar-refractivity contribution < 1.29 is 19.1 Å². The number of esters is 2. The van der Waals surface area contributed by atoms with Crippen LogP contribution in [0, 0.1) is 0 Å². The number of rotatable bonds is 7. The zero-order valence-electron chi connectivity index (χ0n) is 13.0. The van der Waals surface area contributed by atoms with Crippen molar-refractivity contribution in [3.63, 3.8) is 0 Å². The maximum atomic E-state index is 12.2. The van der Waals surface area contributed by atoms with Crippen LogP contribution in [-0.4, -0.2) is 34.4 Å². The topological polar surface area (TPSA) is 96.4 Å². The molecule has 0 radical (unpaired) electrons. The molecule has 1 unspecified atom stereocenters. The van der Waals surface area contributed by atoms with E-state index in [9.17, 15) is 9.59 Å². The van der Waals surface area contributed by atoms with Crippen LogP contribution in [0.15, 0.2) is 0 Å². The Balaban J connectivity index is 2.92. The molecule has 0 saturated heterocycles. The normalized spacial score (nSPS) is 12.0. The number of ether oxygens (including phenoxy) is 2. The highest BCUT2D eigenvalue weighted by molar-refractivity contribution is 5.95. The minimum atomic E-state index is -0.915. The molecule has 0 aliphatic carbocycles. The van der Waals surface area contributed by atoms with Crippen molar-refractivity contribution in [2.45, 2.75) is 46.1 Å². The Labute approximate surface area is 124 Å². The molecule has 0 aromatic carbocycles. The van der Waals surface area contributed by atoms with Gasteiger partial charge in [0.05, 0.1) is 18.0 Å². The van der Waals surface area contributed by atoms with Gasteiger partial charge < -0.3 is 15.2 Å². The number of hydrogen-bond donors (Lipinski definition) is 1. The second-order valence-electron chi connectivity index (χ2n) is 4.62. The average molecular weight is 297 g/mol. The van der Waals surface area contributed by atoms with Gasteiger partial charge in [-0.05, 0) is 19.8 Å². The van der Waals surface area contributed by atoms with Crippen LogP contribution < -0.4 is 5.73 Å². The summed E-state index contributed by atoms with van der Waals surface area (Å²) in [6, 6.07) is 0. The van der Waals surface area contributed by atoms with E-state index in [2.05, 4.69) is 5.10 Å². The Kier molecular flexibility index (Phi) is 6.20. The third-order valence-corrected chi connectivity index (χ3v) is 3.04. The van der Waals surface area contributed by atoms with Gasteiger partial charge in [0.15, 0.2) is 11.8 Å². The second-order valence-corrected chi connectivity index (χ2v) is 4.62. The van der Waals surface area contributed by atoms with Crippen molar-refractivity contribution in [3.05, 3.63) is 11.4 Å². The van der Waals surface area contributed by atoms with Crippen molar-refractivity contribution >= 4 is 17.6 Å².